The smallest absolute Gasteiger partial charge is 0.329 e. The first-order valence-electron chi connectivity index (χ1n) is 5.96. The van der Waals surface area contributed by atoms with Gasteiger partial charge in [-0.25, -0.2) is 4.79 Å². The molecule has 0 spiro atoms. The summed E-state index contributed by atoms with van der Waals surface area (Å²) in [6.07, 6.45) is 0.755. The van der Waals surface area contributed by atoms with Crippen molar-refractivity contribution in [1.29, 1.82) is 0 Å². The van der Waals surface area contributed by atoms with Crippen LogP contribution in [-0.4, -0.2) is 47.3 Å². The van der Waals surface area contributed by atoms with Crippen LogP contribution in [0, 0.1) is 0 Å². The van der Waals surface area contributed by atoms with Gasteiger partial charge in [0.05, 0.1) is 13.2 Å². The third kappa shape index (κ3) is 3.44. The number of morpholine rings is 1. The van der Waals surface area contributed by atoms with Crippen molar-refractivity contribution in [3.8, 4) is 0 Å². The summed E-state index contributed by atoms with van der Waals surface area (Å²) in [6, 6.07) is 1.22. The van der Waals surface area contributed by atoms with Gasteiger partial charge in [0.15, 0.2) is 0 Å². The number of ether oxygens (including phenoxy) is 1. The Morgan fingerprint density at radius 2 is 2.00 bits per heavy atom. The van der Waals surface area contributed by atoms with E-state index in [1.165, 1.54) is 10.6 Å². The molecule has 0 amide bonds. The number of halogens is 1. The molecule has 7 heteroatoms. The van der Waals surface area contributed by atoms with Gasteiger partial charge in [-0.3, -0.25) is 19.2 Å². The van der Waals surface area contributed by atoms with Gasteiger partial charge in [-0.1, -0.05) is 11.6 Å². The number of H-pyrrole nitrogens is 1. The van der Waals surface area contributed by atoms with E-state index in [9.17, 15) is 9.59 Å². The van der Waals surface area contributed by atoms with Gasteiger partial charge in [-0.05, 0) is 6.42 Å². The Morgan fingerprint density at radius 3 is 2.67 bits per heavy atom. The van der Waals surface area contributed by atoms with Gasteiger partial charge in [0.1, 0.15) is 5.15 Å². The fourth-order valence-electron chi connectivity index (χ4n) is 1.98. The number of rotatable bonds is 4. The van der Waals surface area contributed by atoms with Crippen LogP contribution in [0.1, 0.15) is 6.42 Å². The highest BCUT2D eigenvalue weighted by Gasteiger charge is 2.10. The SMILES string of the molecule is O=c1cc(Cl)[nH]c(=O)n1CCCN1CCOCC1. The Morgan fingerprint density at radius 1 is 1.28 bits per heavy atom. The minimum atomic E-state index is -0.450. The largest absolute Gasteiger partial charge is 0.379 e. The Bertz CT molecular complexity index is 474. The highest BCUT2D eigenvalue weighted by atomic mass is 35.5. The lowest BCUT2D eigenvalue weighted by atomic mass is 10.3. The molecular weight excluding hydrogens is 258 g/mol. The standard InChI is InChI=1S/C11H16ClN3O3/c12-9-8-10(16)15(11(17)13-9)3-1-2-14-4-6-18-7-5-14/h8H,1-7H2,(H,13,17). The number of hydrogen-bond acceptors (Lipinski definition) is 4. The molecule has 0 radical (unpaired) electrons. The third-order valence-electron chi connectivity index (χ3n) is 2.95. The minimum absolute atomic E-state index is 0.0782. The average molecular weight is 274 g/mol. The molecule has 2 rings (SSSR count). The molecule has 18 heavy (non-hydrogen) atoms. The number of aromatic amines is 1. The molecule has 1 N–H and O–H groups in total. The van der Waals surface area contributed by atoms with Crippen molar-refractivity contribution in [2.45, 2.75) is 13.0 Å². The van der Waals surface area contributed by atoms with Crippen LogP contribution in [0.15, 0.2) is 15.7 Å². The van der Waals surface area contributed by atoms with Crippen LogP contribution in [-0.2, 0) is 11.3 Å². The van der Waals surface area contributed by atoms with Crippen molar-refractivity contribution in [2.75, 3.05) is 32.8 Å². The predicted octanol–water partition coefficient (Wildman–Crippen LogP) is -0.0877. The predicted molar refractivity (Wildman–Crippen MR) is 68.2 cm³/mol. The second-order valence-corrected chi connectivity index (χ2v) is 4.63. The van der Waals surface area contributed by atoms with Gasteiger partial charge in [-0.15, -0.1) is 0 Å². The van der Waals surface area contributed by atoms with Crippen molar-refractivity contribution in [2.24, 2.45) is 0 Å². The van der Waals surface area contributed by atoms with E-state index in [1.54, 1.807) is 0 Å². The molecule has 0 bridgehead atoms. The van der Waals surface area contributed by atoms with Gasteiger partial charge >= 0.3 is 5.69 Å². The summed E-state index contributed by atoms with van der Waals surface area (Å²) in [5.41, 5.74) is -0.805. The van der Waals surface area contributed by atoms with Gasteiger partial charge in [0.2, 0.25) is 0 Å². The van der Waals surface area contributed by atoms with E-state index in [1.807, 2.05) is 0 Å². The molecule has 0 aromatic carbocycles. The zero-order valence-electron chi connectivity index (χ0n) is 10.0. The fraction of sp³-hybridized carbons (Fsp3) is 0.636. The Hall–Kier alpha value is -1.11. The first kappa shape index (κ1) is 13.3. The first-order valence-corrected chi connectivity index (χ1v) is 6.34. The highest BCUT2D eigenvalue weighted by Crippen LogP contribution is 1.99. The number of nitrogens with one attached hydrogen (secondary N) is 1. The molecule has 2 heterocycles. The highest BCUT2D eigenvalue weighted by molar-refractivity contribution is 6.29. The molecule has 0 unspecified atom stereocenters. The van der Waals surface area contributed by atoms with E-state index in [0.717, 1.165) is 39.3 Å². The molecule has 1 aromatic heterocycles. The molecule has 100 valence electrons. The van der Waals surface area contributed by atoms with Crippen LogP contribution < -0.4 is 11.2 Å². The van der Waals surface area contributed by atoms with Crippen molar-refractivity contribution < 1.29 is 4.74 Å². The van der Waals surface area contributed by atoms with E-state index >= 15 is 0 Å². The molecule has 0 aliphatic carbocycles. The van der Waals surface area contributed by atoms with E-state index in [2.05, 4.69) is 9.88 Å². The van der Waals surface area contributed by atoms with Crippen LogP contribution in [0.25, 0.3) is 0 Å². The molecule has 0 atom stereocenters. The minimum Gasteiger partial charge on any atom is -0.379 e. The van der Waals surface area contributed by atoms with Gasteiger partial charge in [0.25, 0.3) is 5.56 Å². The summed E-state index contributed by atoms with van der Waals surface area (Å²) in [5, 5.41) is 0.0782. The van der Waals surface area contributed by atoms with Crippen molar-refractivity contribution in [1.82, 2.24) is 14.5 Å². The lowest BCUT2D eigenvalue weighted by molar-refractivity contribution is 0.0368. The molecule has 1 fully saturated rings. The van der Waals surface area contributed by atoms with E-state index in [4.69, 9.17) is 16.3 Å². The summed E-state index contributed by atoms with van der Waals surface area (Å²) >= 11 is 5.59. The monoisotopic (exact) mass is 273 g/mol. The van der Waals surface area contributed by atoms with Crippen molar-refractivity contribution in [3.63, 3.8) is 0 Å². The summed E-state index contributed by atoms with van der Waals surface area (Å²) in [6.45, 7) is 4.58. The molecular formula is C11H16ClN3O3. The van der Waals surface area contributed by atoms with Crippen LogP contribution >= 0.6 is 11.6 Å². The molecule has 1 aliphatic heterocycles. The van der Waals surface area contributed by atoms with Crippen LogP contribution in [0.3, 0.4) is 0 Å². The lowest BCUT2D eigenvalue weighted by Crippen LogP contribution is -2.39. The summed E-state index contributed by atoms with van der Waals surface area (Å²) in [4.78, 5) is 27.8. The molecule has 0 saturated carbocycles. The zero-order valence-corrected chi connectivity index (χ0v) is 10.8. The van der Waals surface area contributed by atoms with E-state index in [-0.39, 0.29) is 10.7 Å². The Balaban J connectivity index is 1.90. The van der Waals surface area contributed by atoms with E-state index in [0.29, 0.717) is 6.54 Å². The normalized spacial score (nSPS) is 16.9. The maximum absolute atomic E-state index is 11.6. The van der Waals surface area contributed by atoms with Crippen LogP contribution in [0.5, 0.6) is 0 Å². The first-order chi connectivity index (χ1) is 8.66. The number of nitrogens with zero attached hydrogens (tertiary/aromatic N) is 2. The quantitative estimate of drug-likeness (QED) is 0.779. The maximum Gasteiger partial charge on any atom is 0.329 e. The Labute approximate surface area is 109 Å². The second-order valence-electron chi connectivity index (χ2n) is 4.22. The zero-order chi connectivity index (χ0) is 13.0. The Kier molecular flexibility index (Phi) is 4.57. The molecule has 1 saturated heterocycles. The third-order valence-corrected chi connectivity index (χ3v) is 3.15. The summed E-state index contributed by atoms with van der Waals surface area (Å²) in [7, 11) is 0. The number of aromatic nitrogens is 2. The maximum atomic E-state index is 11.6. The second kappa shape index (κ2) is 6.17. The number of hydrogen-bond donors (Lipinski definition) is 1. The lowest BCUT2D eigenvalue weighted by Gasteiger charge is -2.26. The molecule has 1 aliphatic rings. The average Bonchev–Trinajstić information content (AvgIpc) is 2.34. The van der Waals surface area contributed by atoms with Crippen molar-refractivity contribution in [3.05, 3.63) is 32.1 Å². The van der Waals surface area contributed by atoms with Gasteiger partial charge in [-0.2, -0.15) is 0 Å². The van der Waals surface area contributed by atoms with Crippen LogP contribution in [0.4, 0.5) is 0 Å². The fourth-order valence-corrected chi connectivity index (χ4v) is 2.16. The summed E-state index contributed by atoms with van der Waals surface area (Å²) < 4.78 is 6.42. The summed E-state index contributed by atoms with van der Waals surface area (Å²) in [5.74, 6) is 0. The van der Waals surface area contributed by atoms with Crippen LogP contribution in [0.2, 0.25) is 5.15 Å². The van der Waals surface area contributed by atoms with Gasteiger partial charge < -0.3 is 4.74 Å². The topological polar surface area (TPSA) is 67.3 Å². The molecule has 6 nitrogen and oxygen atoms in total. The molecule has 1 aromatic rings. The van der Waals surface area contributed by atoms with Crippen molar-refractivity contribution >= 4 is 11.6 Å². The van der Waals surface area contributed by atoms with E-state index < -0.39 is 5.69 Å². The van der Waals surface area contributed by atoms with Gasteiger partial charge in [0, 0.05) is 32.2 Å².